The molecule has 2 N–H and O–H groups in total. The van der Waals surface area contributed by atoms with E-state index in [1.54, 1.807) is 6.92 Å². The fraction of sp³-hybridized carbons (Fsp3) is 0.625. The van der Waals surface area contributed by atoms with Crippen LogP contribution in [0.4, 0.5) is 0 Å². The Bertz CT molecular complexity index is 420. The fourth-order valence-corrected chi connectivity index (χ4v) is 2.68. The first-order valence-electron chi connectivity index (χ1n) is 7.14. The van der Waals surface area contributed by atoms with Gasteiger partial charge in [0, 0.05) is 5.56 Å². The molecule has 106 valence electrons. The molecule has 0 aromatic heterocycles. The standard InChI is InChI=1S/C16H24O3/c1-12-6-7-14(13(2)17)15(10-12)19-11-16(18)8-4-3-5-9-16/h6-7,10,13,17-18H,3-5,8-9,11H2,1-2H3/t13-/m1/s1. The first kappa shape index (κ1) is 14.4. The molecule has 0 radical (unpaired) electrons. The third-order valence-corrected chi connectivity index (χ3v) is 3.90. The minimum Gasteiger partial charge on any atom is -0.490 e. The first-order valence-corrected chi connectivity index (χ1v) is 7.14. The molecule has 1 aliphatic rings. The zero-order valence-corrected chi connectivity index (χ0v) is 11.9. The molecule has 0 unspecified atom stereocenters. The summed E-state index contributed by atoms with van der Waals surface area (Å²) in [4.78, 5) is 0. The number of hydrogen-bond donors (Lipinski definition) is 2. The second kappa shape index (κ2) is 5.93. The van der Waals surface area contributed by atoms with Crippen molar-refractivity contribution in [2.24, 2.45) is 0 Å². The number of aryl methyl sites for hydroxylation is 1. The summed E-state index contributed by atoms with van der Waals surface area (Å²) in [6.07, 6.45) is 4.39. The van der Waals surface area contributed by atoms with Gasteiger partial charge in [0.25, 0.3) is 0 Å². The molecule has 0 spiro atoms. The second-order valence-electron chi connectivity index (χ2n) is 5.79. The minimum absolute atomic E-state index is 0.316. The summed E-state index contributed by atoms with van der Waals surface area (Å²) < 4.78 is 5.81. The van der Waals surface area contributed by atoms with E-state index in [1.165, 1.54) is 6.42 Å². The van der Waals surface area contributed by atoms with Crippen LogP contribution in [0, 0.1) is 6.92 Å². The second-order valence-corrected chi connectivity index (χ2v) is 5.79. The van der Waals surface area contributed by atoms with Crippen LogP contribution in [-0.2, 0) is 0 Å². The molecule has 3 nitrogen and oxygen atoms in total. The van der Waals surface area contributed by atoms with Crippen molar-refractivity contribution >= 4 is 0 Å². The highest BCUT2D eigenvalue weighted by molar-refractivity contribution is 5.38. The number of aliphatic hydroxyl groups is 2. The van der Waals surface area contributed by atoms with Crippen LogP contribution in [-0.4, -0.2) is 22.4 Å². The average molecular weight is 264 g/mol. The van der Waals surface area contributed by atoms with Crippen LogP contribution in [0.2, 0.25) is 0 Å². The molecule has 0 heterocycles. The van der Waals surface area contributed by atoms with Crippen LogP contribution in [0.3, 0.4) is 0 Å². The summed E-state index contributed by atoms with van der Waals surface area (Å²) in [6, 6.07) is 5.78. The van der Waals surface area contributed by atoms with Crippen LogP contribution >= 0.6 is 0 Å². The Morgan fingerprint density at radius 2 is 1.95 bits per heavy atom. The maximum Gasteiger partial charge on any atom is 0.125 e. The van der Waals surface area contributed by atoms with Crippen molar-refractivity contribution in [3.63, 3.8) is 0 Å². The van der Waals surface area contributed by atoms with Gasteiger partial charge in [0.2, 0.25) is 0 Å². The maximum absolute atomic E-state index is 10.4. The van der Waals surface area contributed by atoms with E-state index in [4.69, 9.17) is 4.74 Å². The topological polar surface area (TPSA) is 49.7 Å². The van der Waals surface area contributed by atoms with E-state index >= 15 is 0 Å². The monoisotopic (exact) mass is 264 g/mol. The molecule has 0 aliphatic heterocycles. The SMILES string of the molecule is Cc1ccc([C@@H](C)O)c(OCC2(O)CCCCC2)c1. The lowest BCUT2D eigenvalue weighted by atomic mass is 9.85. The van der Waals surface area contributed by atoms with Crippen LogP contribution < -0.4 is 4.74 Å². The van der Waals surface area contributed by atoms with Crippen LogP contribution in [0.25, 0.3) is 0 Å². The molecular weight excluding hydrogens is 240 g/mol. The third-order valence-electron chi connectivity index (χ3n) is 3.90. The van der Waals surface area contributed by atoms with E-state index < -0.39 is 11.7 Å². The third kappa shape index (κ3) is 3.71. The van der Waals surface area contributed by atoms with Crippen molar-refractivity contribution in [3.8, 4) is 5.75 Å². The van der Waals surface area contributed by atoms with Gasteiger partial charge >= 0.3 is 0 Å². The summed E-state index contributed by atoms with van der Waals surface area (Å²) in [5.41, 5.74) is 1.18. The molecule has 1 aromatic carbocycles. The van der Waals surface area contributed by atoms with Gasteiger partial charge in [-0.1, -0.05) is 31.4 Å². The zero-order chi connectivity index (χ0) is 13.9. The van der Waals surface area contributed by atoms with E-state index in [2.05, 4.69) is 0 Å². The van der Waals surface area contributed by atoms with Gasteiger partial charge in [0.05, 0.1) is 11.7 Å². The first-order chi connectivity index (χ1) is 9.00. The summed E-state index contributed by atoms with van der Waals surface area (Å²) in [7, 11) is 0. The van der Waals surface area contributed by atoms with Crippen molar-refractivity contribution in [1.29, 1.82) is 0 Å². The maximum atomic E-state index is 10.4. The molecule has 3 heteroatoms. The van der Waals surface area contributed by atoms with E-state index in [1.807, 2.05) is 25.1 Å². The van der Waals surface area contributed by atoms with Gasteiger partial charge in [-0.15, -0.1) is 0 Å². The van der Waals surface area contributed by atoms with Gasteiger partial charge in [0.1, 0.15) is 12.4 Å². The van der Waals surface area contributed by atoms with E-state index in [0.717, 1.165) is 36.8 Å². The fourth-order valence-electron chi connectivity index (χ4n) is 2.68. The van der Waals surface area contributed by atoms with Gasteiger partial charge in [-0.2, -0.15) is 0 Å². The lowest BCUT2D eigenvalue weighted by Crippen LogP contribution is -2.38. The molecule has 1 fully saturated rings. The van der Waals surface area contributed by atoms with Crippen molar-refractivity contribution in [2.45, 2.75) is 57.7 Å². The Morgan fingerprint density at radius 1 is 1.26 bits per heavy atom. The normalized spacial score (nSPS) is 20.0. The zero-order valence-electron chi connectivity index (χ0n) is 11.9. The van der Waals surface area contributed by atoms with Crippen molar-refractivity contribution in [3.05, 3.63) is 29.3 Å². The number of rotatable bonds is 4. The summed E-state index contributed by atoms with van der Waals surface area (Å²) in [6.45, 7) is 4.04. The smallest absolute Gasteiger partial charge is 0.125 e. The average Bonchev–Trinajstić information content (AvgIpc) is 2.37. The Balaban J connectivity index is 2.07. The van der Waals surface area contributed by atoms with Crippen LogP contribution in [0.15, 0.2) is 18.2 Å². The molecule has 1 saturated carbocycles. The minimum atomic E-state index is -0.696. The molecule has 0 amide bonds. The molecule has 0 saturated heterocycles. The van der Waals surface area contributed by atoms with E-state index in [9.17, 15) is 10.2 Å². The summed E-state index contributed by atoms with van der Waals surface area (Å²) >= 11 is 0. The number of benzene rings is 1. The van der Waals surface area contributed by atoms with Crippen molar-refractivity contribution in [2.75, 3.05) is 6.61 Å². The molecule has 1 aromatic rings. The highest BCUT2D eigenvalue weighted by Gasteiger charge is 2.30. The molecule has 19 heavy (non-hydrogen) atoms. The molecule has 0 bridgehead atoms. The molecule has 1 aliphatic carbocycles. The van der Waals surface area contributed by atoms with E-state index in [0.29, 0.717) is 12.4 Å². The highest BCUT2D eigenvalue weighted by atomic mass is 16.5. The van der Waals surface area contributed by atoms with Crippen LogP contribution in [0.5, 0.6) is 5.75 Å². The largest absolute Gasteiger partial charge is 0.490 e. The molecular formula is C16H24O3. The van der Waals surface area contributed by atoms with Crippen LogP contribution in [0.1, 0.15) is 56.3 Å². The van der Waals surface area contributed by atoms with E-state index in [-0.39, 0.29) is 0 Å². The predicted molar refractivity (Wildman–Crippen MR) is 75.3 cm³/mol. The lowest BCUT2D eigenvalue weighted by molar-refractivity contribution is -0.0345. The summed E-state index contributed by atoms with van der Waals surface area (Å²) in [5, 5.41) is 20.2. The Morgan fingerprint density at radius 3 is 2.58 bits per heavy atom. The van der Waals surface area contributed by atoms with Crippen molar-refractivity contribution < 1.29 is 14.9 Å². The van der Waals surface area contributed by atoms with Gasteiger partial charge in [-0.05, 0) is 38.3 Å². The van der Waals surface area contributed by atoms with Gasteiger partial charge in [0.15, 0.2) is 0 Å². The lowest BCUT2D eigenvalue weighted by Gasteiger charge is -2.32. The quantitative estimate of drug-likeness (QED) is 0.878. The Kier molecular flexibility index (Phi) is 4.48. The Hall–Kier alpha value is -1.06. The van der Waals surface area contributed by atoms with Gasteiger partial charge in [-0.3, -0.25) is 0 Å². The number of hydrogen-bond acceptors (Lipinski definition) is 3. The summed E-state index contributed by atoms with van der Waals surface area (Å²) in [5.74, 6) is 0.689. The number of ether oxygens (including phenoxy) is 1. The van der Waals surface area contributed by atoms with Crippen molar-refractivity contribution in [1.82, 2.24) is 0 Å². The molecule has 1 atom stereocenters. The number of aliphatic hydroxyl groups excluding tert-OH is 1. The predicted octanol–water partition coefficient (Wildman–Crippen LogP) is 3.12. The Labute approximate surface area is 115 Å². The highest BCUT2D eigenvalue weighted by Crippen LogP contribution is 2.31. The van der Waals surface area contributed by atoms with Gasteiger partial charge < -0.3 is 14.9 Å². The molecule has 2 rings (SSSR count). The van der Waals surface area contributed by atoms with Gasteiger partial charge in [-0.25, -0.2) is 0 Å².